The van der Waals surface area contributed by atoms with Crippen molar-refractivity contribution >= 4 is 5.97 Å². The predicted octanol–water partition coefficient (Wildman–Crippen LogP) is 1.57. The highest BCUT2D eigenvalue weighted by molar-refractivity contribution is 5.87. The lowest BCUT2D eigenvalue weighted by molar-refractivity contribution is 0.0696. The van der Waals surface area contributed by atoms with Gasteiger partial charge in [0.15, 0.2) is 0 Å². The average molecular weight is 248 g/mol. The Bertz CT molecular complexity index is 420. The first-order valence-corrected chi connectivity index (χ1v) is 6.39. The number of nitrogens with one attached hydrogen (secondary N) is 1. The van der Waals surface area contributed by atoms with Gasteiger partial charge in [-0.3, -0.25) is 0 Å². The maximum Gasteiger partial charge on any atom is 0.335 e. The molecule has 1 aromatic rings. The van der Waals surface area contributed by atoms with Gasteiger partial charge in [0.05, 0.1) is 5.56 Å². The maximum atomic E-state index is 10.9. The van der Waals surface area contributed by atoms with Crippen molar-refractivity contribution in [3.8, 4) is 0 Å². The summed E-state index contributed by atoms with van der Waals surface area (Å²) in [6.45, 7) is 2.98. The lowest BCUT2D eigenvalue weighted by atomic mass is 10.1. The Hall–Kier alpha value is -1.39. The van der Waals surface area contributed by atoms with Crippen molar-refractivity contribution in [1.29, 1.82) is 0 Å². The van der Waals surface area contributed by atoms with Gasteiger partial charge in [-0.25, -0.2) is 4.79 Å². The van der Waals surface area contributed by atoms with Gasteiger partial charge in [-0.05, 0) is 44.1 Å². The zero-order valence-electron chi connectivity index (χ0n) is 10.7. The molecule has 2 rings (SSSR count). The summed E-state index contributed by atoms with van der Waals surface area (Å²) in [4.78, 5) is 13.2. The van der Waals surface area contributed by atoms with Crippen LogP contribution in [0.15, 0.2) is 24.3 Å². The van der Waals surface area contributed by atoms with Gasteiger partial charge in [0.25, 0.3) is 0 Å². The molecule has 2 N–H and O–H groups in total. The molecule has 1 aliphatic rings. The molecule has 1 atom stereocenters. The van der Waals surface area contributed by atoms with E-state index in [0.29, 0.717) is 11.6 Å². The maximum absolute atomic E-state index is 10.9. The van der Waals surface area contributed by atoms with E-state index in [9.17, 15) is 4.79 Å². The summed E-state index contributed by atoms with van der Waals surface area (Å²) in [7, 11) is 2.14. The Morgan fingerprint density at radius 2 is 2.39 bits per heavy atom. The molecular formula is C14H20N2O2. The topological polar surface area (TPSA) is 52.6 Å². The Kier molecular flexibility index (Phi) is 4.33. The van der Waals surface area contributed by atoms with Crippen LogP contribution in [0.2, 0.25) is 0 Å². The molecule has 1 heterocycles. The minimum Gasteiger partial charge on any atom is -0.478 e. The molecule has 18 heavy (non-hydrogen) atoms. The second-order valence-electron chi connectivity index (χ2n) is 4.99. The first kappa shape index (κ1) is 13.1. The van der Waals surface area contributed by atoms with Gasteiger partial charge in [-0.1, -0.05) is 12.1 Å². The highest BCUT2D eigenvalue weighted by Gasteiger charge is 2.16. The van der Waals surface area contributed by atoms with Gasteiger partial charge in [-0.2, -0.15) is 0 Å². The van der Waals surface area contributed by atoms with Crippen LogP contribution in [0.1, 0.15) is 28.8 Å². The van der Waals surface area contributed by atoms with Crippen LogP contribution in [0, 0.1) is 0 Å². The highest BCUT2D eigenvalue weighted by Crippen LogP contribution is 2.10. The molecule has 0 spiro atoms. The van der Waals surface area contributed by atoms with E-state index in [1.54, 1.807) is 18.2 Å². The van der Waals surface area contributed by atoms with E-state index in [1.807, 2.05) is 6.07 Å². The standard InChI is InChI=1S/C14H20N2O2/c1-16-7-3-6-13(10-16)15-9-11-4-2-5-12(8-11)14(17)18/h2,4-5,8,13,15H,3,6-7,9-10H2,1H3,(H,17,18). The molecule has 4 nitrogen and oxygen atoms in total. The number of carbonyl (C=O) groups is 1. The van der Waals surface area contributed by atoms with Gasteiger partial charge < -0.3 is 15.3 Å². The van der Waals surface area contributed by atoms with Crippen LogP contribution < -0.4 is 5.32 Å². The second-order valence-corrected chi connectivity index (χ2v) is 4.99. The number of piperidine rings is 1. The summed E-state index contributed by atoms with van der Waals surface area (Å²) in [6.07, 6.45) is 2.42. The molecule has 0 aliphatic carbocycles. The van der Waals surface area contributed by atoms with Crippen molar-refractivity contribution in [2.75, 3.05) is 20.1 Å². The summed E-state index contributed by atoms with van der Waals surface area (Å²) in [5.74, 6) is -0.866. The lowest BCUT2D eigenvalue weighted by Gasteiger charge is -2.30. The Morgan fingerprint density at radius 3 is 3.11 bits per heavy atom. The van der Waals surface area contributed by atoms with Crippen molar-refractivity contribution in [2.24, 2.45) is 0 Å². The summed E-state index contributed by atoms with van der Waals surface area (Å²) < 4.78 is 0. The molecule has 0 saturated carbocycles. The molecule has 1 aromatic carbocycles. The fourth-order valence-corrected chi connectivity index (χ4v) is 2.41. The van der Waals surface area contributed by atoms with E-state index >= 15 is 0 Å². The first-order chi connectivity index (χ1) is 8.65. The summed E-state index contributed by atoms with van der Waals surface area (Å²) >= 11 is 0. The number of hydrogen-bond donors (Lipinski definition) is 2. The van der Waals surface area contributed by atoms with Crippen LogP contribution in [-0.2, 0) is 6.54 Å². The van der Waals surface area contributed by atoms with Gasteiger partial charge >= 0.3 is 5.97 Å². The normalized spacial score (nSPS) is 20.8. The van der Waals surface area contributed by atoms with E-state index < -0.39 is 5.97 Å². The minimum atomic E-state index is -0.866. The van der Waals surface area contributed by atoms with Crippen LogP contribution in [0.25, 0.3) is 0 Å². The fourth-order valence-electron chi connectivity index (χ4n) is 2.41. The van der Waals surface area contributed by atoms with E-state index in [4.69, 9.17) is 5.11 Å². The Labute approximate surface area is 108 Å². The number of rotatable bonds is 4. The SMILES string of the molecule is CN1CCCC(NCc2cccc(C(=O)O)c2)C1. The first-order valence-electron chi connectivity index (χ1n) is 6.39. The zero-order chi connectivity index (χ0) is 13.0. The van der Waals surface area contributed by atoms with Crippen molar-refractivity contribution in [1.82, 2.24) is 10.2 Å². The van der Waals surface area contributed by atoms with E-state index in [1.165, 1.54) is 19.4 Å². The largest absolute Gasteiger partial charge is 0.478 e. The Morgan fingerprint density at radius 1 is 1.56 bits per heavy atom. The summed E-state index contributed by atoms with van der Waals surface area (Å²) in [5, 5.41) is 12.4. The van der Waals surface area contributed by atoms with Crippen LogP contribution in [-0.4, -0.2) is 42.2 Å². The predicted molar refractivity (Wildman–Crippen MR) is 70.8 cm³/mol. The molecular weight excluding hydrogens is 228 g/mol. The van der Waals surface area contributed by atoms with Crippen LogP contribution >= 0.6 is 0 Å². The second kappa shape index (κ2) is 5.98. The van der Waals surface area contributed by atoms with Gasteiger partial charge in [0.2, 0.25) is 0 Å². The van der Waals surface area contributed by atoms with Gasteiger partial charge in [0.1, 0.15) is 0 Å². The van der Waals surface area contributed by atoms with Crippen LogP contribution in [0.5, 0.6) is 0 Å². The number of hydrogen-bond acceptors (Lipinski definition) is 3. The Balaban J connectivity index is 1.89. The molecule has 0 radical (unpaired) electrons. The van der Waals surface area contributed by atoms with E-state index in [0.717, 1.165) is 18.7 Å². The molecule has 98 valence electrons. The van der Waals surface area contributed by atoms with Gasteiger partial charge in [0, 0.05) is 19.1 Å². The molecule has 1 aliphatic heterocycles. The molecule has 4 heteroatoms. The van der Waals surface area contributed by atoms with E-state index in [-0.39, 0.29) is 0 Å². The molecule has 1 saturated heterocycles. The molecule has 1 unspecified atom stereocenters. The van der Waals surface area contributed by atoms with Crippen LogP contribution in [0.3, 0.4) is 0 Å². The smallest absolute Gasteiger partial charge is 0.335 e. The van der Waals surface area contributed by atoms with Crippen molar-refractivity contribution in [3.63, 3.8) is 0 Å². The monoisotopic (exact) mass is 248 g/mol. The number of carboxylic acids is 1. The number of likely N-dealkylation sites (N-methyl/N-ethyl adjacent to an activating group) is 1. The summed E-state index contributed by atoms with van der Waals surface area (Å²) in [5.41, 5.74) is 1.39. The summed E-state index contributed by atoms with van der Waals surface area (Å²) in [6, 6.07) is 7.64. The number of benzene rings is 1. The third kappa shape index (κ3) is 3.55. The van der Waals surface area contributed by atoms with Gasteiger partial charge in [-0.15, -0.1) is 0 Å². The number of likely N-dealkylation sites (tertiary alicyclic amines) is 1. The number of aromatic carboxylic acids is 1. The fraction of sp³-hybridized carbons (Fsp3) is 0.500. The third-order valence-electron chi connectivity index (χ3n) is 3.39. The molecule has 0 aromatic heterocycles. The number of nitrogens with zero attached hydrogens (tertiary/aromatic N) is 1. The number of carboxylic acid groups (broad SMARTS) is 1. The lowest BCUT2D eigenvalue weighted by Crippen LogP contribution is -2.43. The molecule has 0 bridgehead atoms. The van der Waals surface area contributed by atoms with Crippen molar-refractivity contribution < 1.29 is 9.90 Å². The molecule has 0 amide bonds. The minimum absolute atomic E-state index is 0.357. The quantitative estimate of drug-likeness (QED) is 0.849. The average Bonchev–Trinajstić information content (AvgIpc) is 2.37. The third-order valence-corrected chi connectivity index (χ3v) is 3.39. The molecule has 1 fully saturated rings. The van der Waals surface area contributed by atoms with Crippen molar-refractivity contribution in [2.45, 2.75) is 25.4 Å². The zero-order valence-corrected chi connectivity index (χ0v) is 10.7. The highest BCUT2D eigenvalue weighted by atomic mass is 16.4. The van der Waals surface area contributed by atoms with Crippen molar-refractivity contribution in [3.05, 3.63) is 35.4 Å². The van der Waals surface area contributed by atoms with Crippen LogP contribution in [0.4, 0.5) is 0 Å². The van der Waals surface area contributed by atoms with E-state index in [2.05, 4.69) is 17.3 Å².